The van der Waals surface area contributed by atoms with Gasteiger partial charge in [0.05, 0.1) is 5.71 Å². The number of guanidine groups is 1. The first kappa shape index (κ1) is 18.5. The number of amides is 1. The molecule has 1 unspecified atom stereocenters. The summed E-state index contributed by atoms with van der Waals surface area (Å²) in [6.07, 6.45) is 4.17. The fraction of sp³-hybridized carbons (Fsp3) is 0.444. The molecule has 25 heavy (non-hydrogen) atoms. The topological polar surface area (TPSA) is 92.9 Å². The quantitative estimate of drug-likeness (QED) is 0.271. The lowest BCUT2D eigenvalue weighted by atomic mass is 9.96. The minimum atomic E-state index is -0.0514. The minimum Gasteiger partial charge on any atom is -0.356 e. The molecule has 2 rings (SSSR count). The van der Waals surface area contributed by atoms with Crippen molar-refractivity contribution in [1.82, 2.24) is 15.6 Å². The Hall–Kier alpha value is -2.88. The van der Waals surface area contributed by atoms with Gasteiger partial charge in [-0.2, -0.15) is 10.4 Å². The van der Waals surface area contributed by atoms with Gasteiger partial charge in [-0.1, -0.05) is 37.3 Å². The molecule has 1 aliphatic heterocycles. The van der Waals surface area contributed by atoms with Crippen molar-refractivity contribution in [2.24, 2.45) is 16.0 Å². The van der Waals surface area contributed by atoms with Crippen LogP contribution >= 0.6 is 0 Å². The summed E-state index contributed by atoms with van der Waals surface area (Å²) in [5.41, 5.74) is 2.03. The highest BCUT2D eigenvalue weighted by Crippen LogP contribution is 2.20. The predicted molar refractivity (Wildman–Crippen MR) is 97.8 cm³/mol. The van der Waals surface area contributed by atoms with Crippen LogP contribution in [0.25, 0.3) is 0 Å². The second kappa shape index (κ2) is 9.42. The maximum atomic E-state index is 12.3. The van der Waals surface area contributed by atoms with E-state index in [0.29, 0.717) is 25.5 Å². The average Bonchev–Trinajstić information content (AvgIpc) is 2.64. The summed E-state index contributed by atoms with van der Waals surface area (Å²) in [5, 5.41) is 20.2. The number of benzene rings is 1. The molecule has 2 N–H and O–H groups in total. The highest BCUT2D eigenvalue weighted by molar-refractivity contribution is 6.04. The smallest absolute Gasteiger partial charge is 0.245 e. The Morgan fingerprint density at radius 1 is 1.40 bits per heavy atom. The molecule has 0 bridgehead atoms. The summed E-state index contributed by atoms with van der Waals surface area (Å²) in [6.45, 7) is 3.21. The van der Waals surface area contributed by atoms with Crippen LogP contribution in [-0.4, -0.2) is 42.7 Å². The monoisotopic (exact) mass is 340 g/mol. The Kier molecular flexibility index (Phi) is 6.96. The molecule has 1 aliphatic rings. The third-order valence-corrected chi connectivity index (χ3v) is 4.01. The van der Waals surface area contributed by atoms with E-state index in [1.165, 1.54) is 0 Å². The van der Waals surface area contributed by atoms with Crippen LogP contribution in [0.15, 0.2) is 40.4 Å². The lowest BCUT2D eigenvalue weighted by Gasteiger charge is -2.27. The zero-order valence-electron chi connectivity index (χ0n) is 14.7. The normalized spacial score (nSPS) is 17.7. The van der Waals surface area contributed by atoms with Gasteiger partial charge in [-0.15, -0.1) is 0 Å². The molecule has 1 aromatic rings. The SMILES string of the molecule is CN=C(NC#N)NCCCCN1N=C(c2ccccc2)CC(C)C1=O. The fourth-order valence-corrected chi connectivity index (χ4v) is 2.66. The van der Waals surface area contributed by atoms with E-state index in [1.54, 1.807) is 12.1 Å². The zero-order chi connectivity index (χ0) is 18.1. The van der Waals surface area contributed by atoms with Crippen LogP contribution in [0.4, 0.5) is 0 Å². The Labute approximate surface area is 148 Å². The van der Waals surface area contributed by atoms with Crippen LogP contribution in [0.2, 0.25) is 0 Å². The highest BCUT2D eigenvalue weighted by Gasteiger charge is 2.27. The number of aliphatic imine (C=N–C) groups is 1. The second-order valence-electron chi connectivity index (χ2n) is 5.92. The first-order valence-corrected chi connectivity index (χ1v) is 8.45. The molecule has 1 atom stereocenters. The van der Waals surface area contributed by atoms with Gasteiger partial charge in [-0.3, -0.25) is 15.1 Å². The maximum Gasteiger partial charge on any atom is 0.245 e. The van der Waals surface area contributed by atoms with E-state index in [9.17, 15) is 4.79 Å². The number of hydrogen-bond donors (Lipinski definition) is 2. The van der Waals surface area contributed by atoms with E-state index in [4.69, 9.17) is 5.26 Å². The molecule has 1 aromatic carbocycles. The summed E-state index contributed by atoms with van der Waals surface area (Å²) in [7, 11) is 1.61. The third kappa shape index (κ3) is 5.31. The number of hydrazone groups is 1. The lowest BCUT2D eigenvalue weighted by molar-refractivity contribution is -0.135. The van der Waals surface area contributed by atoms with E-state index >= 15 is 0 Å². The van der Waals surface area contributed by atoms with Crippen molar-refractivity contribution in [3.8, 4) is 6.19 Å². The van der Waals surface area contributed by atoms with E-state index < -0.39 is 0 Å². The largest absolute Gasteiger partial charge is 0.356 e. The van der Waals surface area contributed by atoms with Crippen LogP contribution in [0.5, 0.6) is 0 Å². The number of hydrogen-bond acceptors (Lipinski definition) is 4. The van der Waals surface area contributed by atoms with Gasteiger partial charge < -0.3 is 5.32 Å². The van der Waals surface area contributed by atoms with Gasteiger partial charge >= 0.3 is 0 Å². The van der Waals surface area contributed by atoms with Crippen LogP contribution in [-0.2, 0) is 4.79 Å². The molecular formula is C18H24N6O. The summed E-state index contributed by atoms with van der Waals surface area (Å²) < 4.78 is 0. The molecule has 0 fully saturated rings. The molecule has 7 heteroatoms. The Bertz CT molecular complexity index is 677. The van der Waals surface area contributed by atoms with Crippen LogP contribution in [0, 0.1) is 17.4 Å². The van der Waals surface area contributed by atoms with E-state index in [-0.39, 0.29) is 11.8 Å². The number of unbranched alkanes of at least 4 members (excludes halogenated alkanes) is 1. The summed E-state index contributed by atoms with van der Waals surface area (Å²) in [4.78, 5) is 16.3. The van der Waals surface area contributed by atoms with Gasteiger partial charge in [-0.25, -0.2) is 5.01 Å². The molecule has 0 spiro atoms. The molecule has 132 valence electrons. The van der Waals surface area contributed by atoms with Gasteiger partial charge in [0.1, 0.15) is 0 Å². The van der Waals surface area contributed by atoms with Crippen molar-refractivity contribution in [3.63, 3.8) is 0 Å². The van der Waals surface area contributed by atoms with E-state index in [2.05, 4.69) is 20.7 Å². The van der Waals surface area contributed by atoms with Gasteiger partial charge in [0.2, 0.25) is 11.9 Å². The van der Waals surface area contributed by atoms with Gasteiger partial charge in [0.25, 0.3) is 0 Å². The Balaban J connectivity index is 1.87. The minimum absolute atomic E-state index is 0.0514. The molecule has 1 amide bonds. The van der Waals surface area contributed by atoms with Crippen molar-refractivity contribution >= 4 is 17.6 Å². The third-order valence-electron chi connectivity index (χ3n) is 4.01. The van der Waals surface area contributed by atoms with E-state index in [1.807, 2.05) is 43.4 Å². The maximum absolute atomic E-state index is 12.3. The van der Waals surface area contributed by atoms with Gasteiger partial charge in [0.15, 0.2) is 6.19 Å². The zero-order valence-corrected chi connectivity index (χ0v) is 14.7. The number of rotatable bonds is 6. The molecule has 0 radical (unpaired) electrons. The number of nitrogens with one attached hydrogen (secondary N) is 2. The van der Waals surface area contributed by atoms with E-state index in [0.717, 1.165) is 24.1 Å². The average molecular weight is 340 g/mol. The Morgan fingerprint density at radius 3 is 2.84 bits per heavy atom. The molecule has 0 aliphatic carbocycles. The standard InChI is InChI=1S/C18H24N6O/c1-14-12-16(15-8-4-3-5-9-15)23-24(17(14)25)11-7-6-10-21-18(20-2)22-13-19/h3-5,8-9,14H,6-7,10-12H2,1-2H3,(H2,20,21,22). The molecule has 0 saturated carbocycles. The van der Waals surface area contributed by atoms with Crippen LogP contribution in [0.1, 0.15) is 31.7 Å². The van der Waals surface area contributed by atoms with Crippen molar-refractivity contribution < 1.29 is 4.79 Å². The van der Waals surface area contributed by atoms with Crippen molar-refractivity contribution in [2.75, 3.05) is 20.1 Å². The second-order valence-corrected chi connectivity index (χ2v) is 5.92. The van der Waals surface area contributed by atoms with Gasteiger partial charge in [-0.05, 0) is 18.4 Å². The molecule has 0 saturated heterocycles. The number of nitriles is 1. The first-order valence-electron chi connectivity index (χ1n) is 8.45. The van der Waals surface area contributed by atoms with Crippen LogP contribution in [0.3, 0.4) is 0 Å². The summed E-state index contributed by atoms with van der Waals surface area (Å²) >= 11 is 0. The van der Waals surface area contributed by atoms with Crippen molar-refractivity contribution in [1.29, 1.82) is 5.26 Å². The lowest BCUT2D eigenvalue weighted by Crippen LogP contribution is -2.38. The van der Waals surface area contributed by atoms with Gasteiger partial charge in [0, 0.05) is 32.5 Å². The molecular weight excluding hydrogens is 316 g/mol. The highest BCUT2D eigenvalue weighted by atomic mass is 16.2. The molecule has 1 heterocycles. The first-order chi connectivity index (χ1) is 12.2. The summed E-state index contributed by atoms with van der Waals surface area (Å²) in [5.74, 6) is 0.480. The predicted octanol–water partition coefficient (Wildman–Crippen LogP) is 1.69. The van der Waals surface area contributed by atoms with Crippen molar-refractivity contribution in [2.45, 2.75) is 26.2 Å². The number of carbonyl (C=O) groups is 1. The number of carbonyl (C=O) groups excluding carboxylic acids is 1. The molecule has 7 nitrogen and oxygen atoms in total. The van der Waals surface area contributed by atoms with Crippen molar-refractivity contribution in [3.05, 3.63) is 35.9 Å². The summed E-state index contributed by atoms with van der Waals surface area (Å²) in [6, 6.07) is 9.99. The van der Waals surface area contributed by atoms with Crippen LogP contribution < -0.4 is 10.6 Å². The number of nitrogens with zero attached hydrogens (tertiary/aromatic N) is 4. The Morgan fingerprint density at radius 2 is 2.16 bits per heavy atom. The molecule has 0 aromatic heterocycles. The fourth-order valence-electron chi connectivity index (χ4n) is 2.66.